The summed E-state index contributed by atoms with van der Waals surface area (Å²) in [6.45, 7) is 0. The van der Waals surface area contributed by atoms with Gasteiger partial charge in [-0.2, -0.15) is 0 Å². The second kappa shape index (κ2) is 4.09. The Kier molecular flexibility index (Phi) is 2.63. The quantitative estimate of drug-likeness (QED) is 0.809. The smallest absolute Gasteiger partial charge is 0.141 e. The molecule has 0 radical (unpaired) electrons. The van der Waals surface area contributed by atoms with Crippen molar-refractivity contribution >= 4 is 5.69 Å². The summed E-state index contributed by atoms with van der Waals surface area (Å²) in [5, 5.41) is 3.03. The SMILES string of the molecule is CNc1ccc(-c2ccc(F)cn2)cc1. The van der Waals surface area contributed by atoms with Crippen LogP contribution in [-0.4, -0.2) is 12.0 Å². The van der Waals surface area contributed by atoms with Crippen molar-refractivity contribution in [2.45, 2.75) is 0 Å². The van der Waals surface area contributed by atoms with Gasteiger partial charge in [-0.25, -0.2) is 4.39 Å². The van der Waals surface area contributed by atoms with E-state index in [4.69, 9.17) is 0 Å². The Morgan fingerprint density at radius 3 is 2.33 bits per heavy atom. The molecule has 0 aliphatic carbocycles. The molecule has 0 amide bonds. The van der Waals surface area contributed by atoms with Crippen LogP contribution in [0.3, 0.4) is 0 Å². The van der Waals surface area contributed by atoms with Crippen molar-refractivity contribution in [1.82, 2.24) is 4.98 Å². The Bertz CT molecular complexity index is 434. The van der Waals surface area contributed by atoms with Gasteiger partial charge in [0.25, 0.3) is 0 Å². The number of nitrogens with zero attached hydrogens (tertiary/aromatic N) is 1. The van der Waals surface area contributed by atoms with Crippen LogP contribution in [-0.2, 0) is 0 Å². The highest BCUT2D eigenvalue weighted by molar-refractivity contribution is 5.62. The second-order valence-electron chi connectivity index (χ2n) is 3.19. The van der Waals surface area contributed by atoms with E-state index in [-0.39, 0.29) is 5.82 Å². The number of rotatable bonds is 2. The number of nitrogens with one attached hydrogen (secondary N) is 1. The molecule has 0 saturated carbocycles. The molecule has 2 aromatic rings. The van der Waals surface area contributed by atoms with Gasteiger partial charge in [0.1, 0.15) is 5.82 Å². The maximum Gasteiger partial charge on any atom is 0.141 e. The molecule has 1 heterocycles. The highest BCUT2D eigenvalue weighted by atomic mass is 19.1. The van der Waals surface area contributed by atoms with Crippen LogP contribution in [0, 0.1) is 5.82 Å². The van der Waals surface area contributed by atoms with Crippen molar-refractivity contribution in [2.75, 3.05) is 12.4 Å². The first kappa shape index (κ1) is 9.65. The number of hydrogen-bond donors (Lipinski definition) is 1. The lowest BCUT2D eigenvalue weighted by molar-refractivity contribution is 0.622. The number of hydrogen-bond acceptors (Lipinski definition) is 2. The van der Waals surface area contributed by atoms with Gasteiger partial charge in [0, 0.05) is 18.3 Å². The van der Waals surface area contributed by atoms with Gasteiger partial charge in [0.05, 0.1) is 11.9 Å². The van der Waals surface area contributed by atoms with Crippen LogP contribution < -0.4 is 5.32 Å². The molecule has 0 unspecified atom stereocenters. The number of anilines is 1. The molecule has 2 nitrogen and oxygen atoms in total. The maximum atomic E-state index is 12.6. The van der Waals surface area contributed by atoms with E-state index >= 15 is 0 Å². The molecule has 2 rings (SSSR count). The summed E-state index contributed by atoms with van der Waals surface area (Å²) in [6.07, 6.45) is 1.22. The van der Waals surface area contributed by atoms with Gasteiger partial charge in [0.15, 0.2) is 0 Å². The van der Waals surface area contributed by atoms with Crippen LogP contribution >= 0.6 is 0 Å². The average Bonchev–Trinajstić information content (AvgIpc) is 2.30. The molecule has 0 saturated heterocycles. The van der Waals surface area contributed by atoms with Gasteiger partial charge in [-0.15, -0.1) is 0 Å². The van der Waals surface area contributed by atoms with E-state index in [1.54, 1.807) is 6.07 Å². The van der Waals surface area contributed by atoms with E-state index in [9.17, 15) is 4.39 Å². The molecule has 1 N–H and O–H groups in total. The first-order valence-electron chi connectivity index (χ1n) is 4.69. The Morgan fingerprint density at radius 1 is 1.07 bits per heavy atom. The predicted molar refractivity (Wildman–Crippen MR) is 59.2 cm³/mol. The van der Waals surface area contributed by atoms with Gasteiger partial charge in [0.2, 0.25) is 0 Å². The molecule has 0 atom stereocenters. The predicted octanol–water partition coefficient (Wildman–Crippen LogP) is 2.93. The molecule has 3 heteroatoms. The van der Waals surface area contributed by atoms with Crippen LogP contribution in [0.25, 0.3) is 11.3 Å². The average molecular weight is 202 g/mol. The Hall–Kier alpha value is -1.90. The molecule has 0 aliphatic rings. The summed E-state index contributed by atoms with van der Waals surface area (Å²) in [6, 6.07) is 10.9. The fourth-order valence-corrected chi connectivity index (χ4v) is 1.35. The zero-order valence-electron chi connectivity index (χ0n) is 8.37. The Morgan fingerprint density at radius 2 is 1.80 bits per heavy atom. The summed E-state index contributed by atoms with van der Waals surface area (Å²) in [5.74, 6) is -0.314. The van der Waals surface area contributed by atoms with Crippen molar-refractivity contribution in [2.24, 2.45) is 0 Å². The van der Waals surface area contributed by atoms with E-state index in [0.29, 0.717) is 0 Å². The topological polar surface area (TPSA) is 24.9 Å². The first-order chi connectivity index (χ1) is 7.29. The van der Waals surface area contributed by atoms with Gasteiger partial charge in [-0.3, -0.25) is 4.98 Å². The maximum absolute atomic E-state index is 12.6. The van der Waals surface area contributed by atoms with E-state index in [2.05, 4.69) is 10.3 Å². The third-order valence-electron chi connectivity index (χ3n) is 2.20. The molecular weight excluding hydrogens is 191 g/mol. The molecule has 1 aromatic carbocycles. The molecule has 0 bridgehead atoms. The minimum atomic E-state index is -0.314. The number of pyridine rings is 1. The minimum Gasteiger partial charge on any atom is -0.388 e. The Labute approximate surface area is 87.8 Å². The molecule has 1 aromatic heterocycles. The largest absolute Gasteiger partial charge is 0.388 e. The Balaban J connectivity index is 2.33. The summed E-state index contributed by atoms with van der Waals surface area (Å²) >= 11 is 0. The zero-order valence-corrected chi connectivity index (χ0v) is 8.37. The van der Waals surface area contributed by atoms with Crippen LogP contribution in [0.15, 0.2) is 42.6 Å². The van der Waals surface area contributed by atoms with Gasteiger partial charge >= 0.3 is 0 Å². The van der Waals surface area contributed by atoms with E-state index in [1.165, 1.54) is 12.3 Å². The van der Waals surface area contributed by atoms with Crippen LogP contribution in [0.4, 0.5) is 10.1 Å². The monoisotopic (exact) mass is 202 g/mol. The van der Waals surface area contributed by atoms with Crippen molar-refractivity contribution in [3.05, 3.63) is 48.4 Å². The fourth-order valence-electron chi connectivity index (χ4n) is 1.35. The van der Waals surface area contributed by atoms with Gasteiger partial charge in [-0.1, -0.05) is 12.1 Å². The molecule has 0 spiro atoms. The lowest BCUT2D eigenvalue weighted by Crippen LogP contribution is -1.88. The normalized spacial score (nSPS) is 10.0. The molecule has 0 aliphatic heterocycles. The molecule has 0 fully saturated rings. The summed E-state index contributed by atoms with van der Waals surface area (Å²) in [5.41, 5.74) is 2.80. The van der Waals surface area contributed by atoms with E-state index in [1.807, 2.05) is 31.3 Å². The summed E-state index contributed by atoms with van der Waals surface area (Å²) < 4.78 is 12.6. The molecular formula is C12H11FN2. The summed E-state index contributed by atoms with van der Waals surface area (Å²) in [4.78, 5) is 4.01. The van der Waals surface area contributed by atoms with Crippen molar-refractivity contribution in [3.8, 4) is 11.3 Å². The van der Waals surface area contributed by atoms with Gasteiger partial charge in [-0.05, 0) is 24.3 Å². The lowest BCUT2D eigenvalue weighted by atomic mass is 10.1. The fraction of sp³-hybridized carbons (Fsp3) is 0.0833. The minimum absolute atomic E-state index is 0.314. The van der Waals surface area contributed by atoms with Crippen molar-refractivity contribution in [3.63, 3.8) is 0 Å². The van der Waals surface area contributed by atoms with Crippen LogP contribution in [0.5, 0.6) is 0 Å². The van der Waals surface area contributed by atoms with E-state index in [0.717, 1.165) is 16.9 Å². The third kappa shape index (κ3) is 2.13. The standard InChI is InChI=1S/C12H11FN2/c1-14-11-5-2-9(3-6-11)12-7-4-10(13)8-15-12/h2-8,14H,1H3. The van der Waals surface area contributed by atoms with Crippen LogP contribution in [0.1, 0.15) is 0 Å². The van der Waals surface area contributed by atoms with Crippen molar-refractivity contribution < 1.29 is 4.39 Å². The van der Waals surface area contributed by atoms with Crippen molar-refractivity contribution in [1.29, 1.82) is 0 Å². The molecule has 76 valence electrons. The summed E-state index contributed by atoms with van der Waals surface area (Å²) in [7, 11) is 1.87. The molecule has 15 heavy (non-hydrogen) atoms. The first-order valence-corrected chi connectivity index (χ1v) is 4.69. The highest BCUT2D eigenvalue weighted by Crippen LogP contribution is 2.19. The lowest BCUT2D eigenvalue weighted by Gasteiger charge is -2.02. The number of aromatic nitrogens is 1. The van der Waals surface area contributed by atoms with Crippen LogP contribution in [0.2, 0.25) is 0 Å². The van der Waals surface area contributed by atoms with Gasteiger partial charge < -0.3 is 5.32 Å². The zero-order chi connectivity index (χ0) is 10.7. The third-order valence-corrected chi connectivity index (χ3v) is 2.20. The second-order valence-corrected chi connectivity index (χ2v) is 3.19. The number of benzene rings is 1. The van der Waals surface area contributed by atoms with E-state index < -0.39 is 0 Å². The number of halogens is 1. The highest BCUT2D eigenvalue weighted by Gasteiger charge is 1.99.